The topological polar surface area (TPSA) is 48.3 Å². The summed E-state index contributed by atoms with van der Waals surface area (Å²) in [6.07, 6.45) is 2.10. The molecule has 2 heterocycles. The van der Waals surface area contributed by atoms with E-state index in [9.17, 15) is 9.59 Å². The average Bonchev–Trinajstić information content (AvgIpc) is 2.98. The van der Waals surface area contributed by atoms with Gasteiger partial charge < -0.3 is 4.74 Å². The predicted molar refractivity (Wildman–Crippen MR) is 78.5 cm³/mol. The maximum absolute atomic E-state index is 12.4. The van der Waals surface area contributed by atoms with Crippen molar-refractivity contribution in [2.75, 3.05) is 7.11 Å². The first-order valence-corrected chi connectivity index (χ1v) is 7.04. The number of rotatable bonds is 2. The zero-order valence-corrected chi connectivity index (χ0v) is 12.2. The van der Waals surface area contributed by atoms with E-state index >= 15 is 0 Å². The second-order valence-corrected chi connectivity index (χ2v) is 5.49. The van der Waals surface area contributed by atoms with Crippen molar-refractivity contribution in [1.29, 1.82) is 0 Å². The number of hydrogen-bond donors (Lipinski definition) is 0. The van der Waals surface area contributed by atoms with Gasteiger partial charge in [0.2, 0.25) is 5.91 Å². The molecule has 0 unspecified atom stereocenters. The number of nitrogens with zero attached hydrogens (tertiary/aromatic N) is 1. The van der Waals surface area contributed by atoms with Crippen molar-refractivity contribution in [3.05, 3.63) is 58.9 Å². The highest BCUT2D eigenvalue weighted by molar-refractivity contribution is 6.30. The Hall–Kier alpha value is -2.07. The number of esters is 1. The third-order valence-corrected chi connectivity index (χ3v) is 4.15. The minimum Gasteiger partial charge on any atom is -0.468 e. The normalized spacial score (nSPS) is 21.0. The zero-order valence-electron chi connectivity index (χ0n) is 11.5. The summed E-state index contributed by atoms with van der Waals surface area (Å²) in [5.74, 6) is -1.51. The lowest BCUT2D eigenvalue weighted by Gasteiger charge is -2.29. The molecular weight excluding hydrogens is 290 g/mol. The van der Waals surface area contributed by atoms with Crippen molar-refractivity contribution in [2.45, 2.75) is 12.3 Å². The molecule has 1 aliphatic rings. The lowest BCUT2D eigenvalue weighted by Crippen LogP contribution is -2.36. The van der Waals surface area contributed by atoms with E-state index in [1.54, 1.807) is 10.8 Å². The number of fused-ring (bicyclic) bond motifs is 1. The fourth-order valence-electron chi connectivity index (χ4n) is 2.85. The Balaban J connectivity index is 2.05. The van der Waals surface area contributed by atoms with Crippen molar-refractivity contribution >= 4 is 23.5 Å². The Kier molecular flexibility index (Phi) is 3.55. The van der Waals surface area contributed by atoms with Gasteiger partial charge in [0, 0.05) is 22.8 Å². The molecule has 0 N–H and O–H groups in total. The largest absolute Gasteiger partial charge is 0.468 e. The minimum absolute atomic E-state index is 0.0286. The Bertz CT molecular complexity index is 690. The van der Waals surface area contributed by atoms with Crippen LogP contribution in [0.25, 0.3) is 0 Å². The van der Waals surface area contributed by atoms with Crippen molar-refractivity contribution in [2.24, 2.45) is 5.92 Å². The van der Waals surface area contributed by atoms with Crippen LogP contribution < -0.4 is 0 Å². The smallest absolute Gasteiger partial charge is 0.318 e. The first-order valence-electron chi connectivity index (χ1n) is 6.66. The Morgan fingerprint density at radius 1 is 1.29 bits per heavy atom. The summed E-state index contributed by atoms with van der Waals surface area (Å²) in [5, 5.41) is 0.658. The van der Waals surface area contributed by atoms with Gasteiger partial charge in [0.05, 0.1) is 7.11 Å². The van der Waals surface area contributed by atoms with Gasteiger partial charge in [-0.1, -0.05) is 23.7 Å². The highest BCUT2D eigenvalue weighted by Gasteiger charge is 2.38. The van der Waals surface area contributed by atoms with Gasteiger partial charge in [0.15, 0.2) is 0 Å². The Morgan fingerprint density at radius 2 is 2.00 bits per heavy atom. The van der Waals surface area contributed by atoms with E-state index in [-0.39, 0.29) is 11.8 Å². The summed E-state index contributed by atoms with van der Waals surface area (Å²) < 4.78 is 6.31. The summed E-state index contributed by atoms with van der Waals surface area (Å²) in [6, 6.07) is 11.2. The molecule has 108 valence electrons. The van der Waals surface area contributed by atoms with Gasteiger partial charge in [0.1, 0.15) is 5.92 Å². The van der Waals surface area contributed by atoms with Gasteiger partial charge >= 0.3 is 5.97 Å². The number of carbonyl (C=O) groups is 2. The molecule has 0 radical (unpaired) electrons. The number of aromatic nitrogens is 1. The van der Waals surface area contributed by atoms with Gasteiger partial charge in [-0.15, -0.1) is 0 Å². The molecular formula is C16H14ClNO3. The van der Waals surface area contributed by atoms with E-state index in [4.69, 9.17) is 16.3 Å². The highest BCUT2D eigenvalue weighted by Crippen LogP contribution is 2.37. The van der Waals surface area contributed by atoms with Crippen molar-refractivity contribution in [3.63, 3.8) is 0 Å². The quantitative estimate of drug-likeness (QED) is 0.632. The first-order chi connectivity index (χ1) is 10.1. The zero-order chi connectivity index (χ0) is 15.0. The van der Waals surface area contributed by atoms with Crippen molar-refractivity contribution < 1.29 is 14.3 Å². The summed E-state index contributed by atoms with van der Waals surface area (Å²) in [7, 11) is 1.30. The van der Waals surface area contributed by atoms with Gasteiger partial charge in [0.25, 0.3) is 0 Å². The van der Waals surface area contributed by atoms with E-state index in [1.807, 2.05) is 36.4 Å². The molecule has 21 heavy (non-hydrogen) atoms. The third-order valence-electron chi connectivity index (χ3n) is 3.90. The van der Waals surface area contributed by atoms with Crippen LogP contribution >= 0.6 is 11.6 Å². The Labute approximate surface area is 127 Å². The van der Waals surface area contributed by atoms with E-state index in [0.29, 0.717) is 11.4 Å². The molecule has 2 aromatic rings. The molecule has 4 nitrogen and oxygen atoms in total. The SMILES string of the molecule is COC(=O)[C@@H]1C[C@@H](c2ccc(Cl)cc2)c2cccn2C1=O. The van der Waals surface area contributed by atoms with Crippen molar-refractivity contribution in [1.82, 2.24) is 4.57 Å². The number of halogens is 1. The van der Waals surface area contributed by atoms with Crippen molar-refractivity contribution in [3.8, 4) is 0 Å². The molecule has 0 saturated heterocycles. The lowest BCUT2D eigenvalue weighted by molar-refractivity contribution is -0.144. The van der Waals surface area contributed by atoms with Gasteiger partial charge in [-0.05, 0) is 36.2 Å². The van der Waals surface area contributed by atoms with Gasteiger partial charge in [-0.3, -0.25) is 14.2 Å². The number of carbonyl (C=O) groups excluding carboxylic acids is 2. The molecule has 1 aliphatic heterocycles. The molecule has 0 aliphatic carbocycles. The first kappa shape index (κ1) is 13.9. The third kappa shape index (κ3) is 2.36. The van der Waals surface area contributed by atoms with Crippen LogP contribution in [0.4, 0.5) is 0 Å². The molecule has 0 fully saturated rings. The molecule has 5 heteroatoms. The molecule has 0 spiro atoms. The Morgan fingerprint density at radius 3 is 2.67 bits per heavy atom. The number of ether oxygens (including phenoxy) is 1. The molecule has 3 rings (SSSR count). The van der Waals surface area contributed by atoms with E-state index < -0.39 is 11.9 Å². The van der Waals surface area contributed by atoms with E-state index in [0.717, 1.165) is 11.3 Å². The van der Waals surface area contributed by atoms with E-state index in [2.05, 4.69) is 0 Å². The average molecular weight is 304 g/mol. The summed E-state index contributed by atoms with van der Waals surface area (Å²) in [6.45, 7) is 0. The molecule has 1 aromatic heterocycles. The second-order valence-electron chi connectivity index (χ2n) is 5.06. The van der Waals surface area contributed by atoms with Crippen LogP contribution in [-0.2, 0) is 9.53 Å². The molecule has 1 aromatic carbocycles. The van der Waals surface area contributed by atoms with Crippen LogP contribution in [-0.4, -0.2) is 23.6 Å². The lowest BCUT2D eigenvalue weighted by atomic mass is 9.83. The molecule has 0 bridgehead atoms. The molecule has 2 atom stereocenters. The van der Waals surface area contributed by atoms with E-state index in [1.165, 1.54) is 7.11 Å². The van der Waals surface area contributed by atoms with Crippen LogP contribution in [0.3, 0.4) is 0 Å². The fourth-order valence-corrected chi connectivity index (χ4v) is 2.97. The van der Waals surface area contributed by atoms with Crippen LogP contribution in [0.15, 0.2) is 42.6 Å². The predicted octanol–water partition coefficient (Wildman–Crippen LogP) is 3.11. The minimum atomic E-state index is -0.768. The summed E-state index contributed by atoms with van der Waals surface area (Å²) >= 11 is 5.92. The highest BCUT2D eigenvalue weighted by atomic mass is 35.5. The van der Waals surface area contributed by atoms with Crippen LogP contribution in [0.1, 0.15) is 28.4 Å². The summed E-state index contributed by atoms with van der Waals surface area (Å²) in [5.41, 5.74) is 1.92. The van der Waals surface area contributed by atoms with Gasteiger partial charge in [-0.2, -0.15) is 0 Å². The number of benzene rings is 1. The summed E-state index contributed by atoms with van der Waals surface area (Å²) in [4.78, 5) is 24.2. The molecule has 0 saturated carbocycles. The van der Waals surface area contributed by atoms with Gasteiger partial charge in [-0.25, -0.2) is 0 Å². The van der Waals surface area contributed by atoms with Crippen LogP contribution in [0.5, 0.6) is 0 Å². The van der Waals surface area contributed by atoms with Crippen LogP contribution in [0.2, 0.25) is 5.02 Å². The maximum atomic E-state index is 12.4. The second kappa shape index (κ2) is 5.37. The number of hydrogen-bond acceptors (Lipinski definition) is 3. The maximum Gasteiger partial charge on any atom is 0.318 e. The standard InChI is InChI=1S/C16H14ClNO3/c1-21-16(20)13-9-12(10-4-6-11(17)7-5-10)14-3-2-8-18(14)15(13)19/h2-8,12-13H,9H2,1H3/t12-,13+/m0/s1. The number of methoxy groups -OCH3 is 1. The van der Waals surface area contributed by atoms with Crippen LogP contribution in [0, 0.1) is 5.92 Å². The fraction of sp³-hybridized carbons (Fsp3) is 0.250. The monoisotopic (exact) mass is 303 g/mol. The molecule has 0 amide bonds.